The molecule has 5 nitrogen and oxygen atoms in total. The molecule has 0 aromatic heterocycles. The number of carbonyl (C=O) groups is 2. The first kappa shape index (κ1) is 29.6. The van der Waals surface area contributed by atoms with Crippen LogP contribution in [0.5, 0.6) is 23.0 Å². The fourth-order valence-electron chi connectivity index (χ4n) is 4.39. The van der Waals surface area contributed by atoms with Crippen molar-refractivity contribution in [2.24, 2.45) is 0 Å². The van der Waals surface area contributed by atoms with Crippen LogP contribution in [0.2, 0.25) is 0 Å². The van der Waals surface area contributed by atoms with Crippen LogP contribution in [0, 0.1) is 13.8 Å². The van der Waals surface area contributed by atoms with E-state index in [0.29, 0.717) is 28.4 Å². The fourth-order valence-corrected chi connectivity index (χ4v) is 4.39. The molecule has 0 spiro atoms. The summed E-state index contributed by atoms with van der Waals surface area (Å²) >= 11 is 0. The Labute approximate surface area is 243 Å². The summed E-state index contributed by atoms with van der Waals surface area (Å²) in [5.41, 5.74) is 5.18. The number of Topliss-reactive ketones (excluding diaryl/α,β-unsaturated/α-hetero) is 1. The number of hydrogen-bond donors (Lipinski definition) is 0. The molecule has 4 aromatic rings. The van der Waals surface area contributed by atoms with Crippen molar-refractivity contribution < 1.29 is 23.8 Å². The van der Waals surface area contributed by atoms with Crippen molar-refractivity contribution in [2.45, 2.75) is 66.4 Å². The number of benzene rings is 4. The van der Waals surface area contributed by atoms with Crippen LogP contribution in [0.4, 0.5) is 0 Å². The average Bonchev–Trinajstić information content (AvgIpc) is 2.95. The SMILES string of the molecule is CCC(C)(C)Oc1ccc(C(C)c2ccc(OC(=O)c3ccc(Oc4ccc(C(C)=O)cc4)cc3)c(C)c2)cc1C. The summed E-state index contributed by atoms with van der Waals surface area (Å²) in [5, 5.41) is 0. The Morgan fingerprint density at radius 1 is 0.732 bits per heavy atom. The van der Waals surface area contributed by atoms with Crippen LogP contribution in [0.3, 0.4) is 0 Å². The van der Waals surface area contributed by atoms with Crippen LogP contribution < -0.4 is 14.2 Å². The topological polar surface area (TPSA) is 61.8 Å². The lowest BCUT2D eigenvalue weighted by Gasteiger charge is -2.26. The summed E-state index contributed by atoms with van der Waals surface area (Å²) < 4.78 is 17.8. The Morgan fingerprint density at radius 2 is 1.22 bits per heavy atom. The third-order valence-corrected chi connectivity index (χ3v) is 7.42. The summed E-state index contributed by atoms with van der Waals surface area (Å²) in [5.74, 6) is 2.35. The van der Waals surface area contributed by atoms with Gasteiger partial charge < -0.3 is 14.2 Å². The zero-order valence-electron chi connectivity index (χ0n) is 24.9. The van der Waals surface area contributed by atoms with Gasteiger partial charge in [-0.05, 0) is 124 Å². The molecular weight excluding hydrogens is 512 g/mol. The largest absolute Gasteiger partial charge is 0.488 e. The molecular formula is C36H38O5. The minimum Gasteiger partial charge on any atom is -0.488 e. The van der Waals surface area contributed by atoms with Crippen molar-refractivity contribution >= 4 is 11.8 Å². The summed E-state index contributed by atoms with van der Waals surface area (Å²) in [6.45, 7) is 14.0. The molecule has 0 aliphatic rings. The molecule has 0 fully saturated rings. The van der Waals surface area contributed by atoms with E-state index in [9.17, 15) is 9.59 Å². The second-order valence-electron chi connectivity index (χ2n) is 11.1. The average molecular weight is 551 g/mol. The summed E-state index contributed by atoms with van der Waals surface area (Å²) in [7, 11) is 0. The molecule has 1 unspecified atom stereocenters. The first-order valence-electron chi connectivity index (χ1n) is 14.0. The van der Waals surface area contributed by atoms with Gasteiger partial charge in [-0.2, -0.15) is 0 Å². The molecule has 0 amide bonds. The van der Waals surface area contributed by atoms with Crippen molar-refractivity contribution in [3.8, 4) is 23.0 Å². The summed E-state index contributed by atoms with van der Waals surface area (Å²) in [6.07, 6.45) is 0.930. The Balaban J connectivity index is 1.40. The van der Waals surface area contributed by atoms with E-state index in [0.717, 1.165) is 28.9 Å². The molecule has 0 aliphatic heterocycles. The van der Waals surface area contributed by atoms with Crippen molar-refractivity contribution in [1.82, 2.24) is 0 Å². The molecule has 5 heteroatoms. The Kier molecular flexibility index (Phi) is 8.97. The van der Waals surface area contributed by atoms with E-state index < -0.39 is 5.97 Å². The lowest BCUT2D eigenvalue weighted by atomic mass is 9.91. The number of esters is 1. The predicted octanol–water partition coefficient (Wildman–Crippen LogP) is 9.24. The summed E-state index contributed by atoms with van der Waals surface area (Å²) in [4.78, 5) is 24.3. The van der Waals surface area contributed by atoms with E-state index in [2.05, 4.69) is 58.9 Å². The molecule has 41 heavy (non-hydrogen) atoms. The van der Waals surface area contributed by atoms with Crippen molar-refractivity contribution in [2.75, 3.05) is 0 Å². The standard InChI is InChI=1S/C36H38O5/c1-8-36(6,7)41-34-20-14-30(22-24(34)3)25(4)29-13-19-33(23(2)21-29)40-35(38)28-11-17-32(18-12-28)39-31-15-9-27(10-16-31)26(5)37/h9-22,25H,8H2,1-7H3. The highest BCUT2D eigenvalue weighted by Gasteiger charge is 2.19. The number of ether oxygens (including phenoxy) is 3. The molecule has 0 radical (unpaired) electrons. The molecule has 212 valence electrons. The van der Waals surface area contributed by atoms with Gasteiger partial charge >= 0.3 is 5.97 Å². The van der Waals surface area contributed by atoms with Gasteiger partial charge in [-0.25, -0.2) is 4.79 Å². The lowest BCUT2D eigenvalue weighted by molar-refractivity contribution is 0.0733. The number of aryl methyl sites for hydroxylation is 2. The van der Waals surface area contributed by atoms with Gasteiger partial charge in [0.1, 0.15) is 28.6 Å². The number of carbonyl (C=O) groups excluding carboxylic acids is 2. The van der Waals surface area contributed by atoms with E-state index in [1.807, 2.05) is 19.1 Å². The second kappa shape index (κ2) is 12.4. The number of ketones is 1. The minimum absolute atomic E-state index is 0.00106. The Bertz CT molecular complexity index is 1530. The predicted molar refractivity (Wildman–Crippen MR) is 163 cm³/mol. The first-order valence-corrected chi connectivity index (χ1v) is 14.0. The monoisotopic (exact) mass is 550 g/mol. The first-order chi connectivity index (χ1) is 19.5. The lowest BCUT2D eigenvalue weighted by Crippen LogP contribution is -2.27. The van der Waals surface area contributed by atoms with E-state index in [4.69, 9.17) is 14.2 Å². The highest BCUT2D eigenvalue weighted by molar-refractivity contribution is 5.94. The molecule has 0 saturated heterocycles. The maximum Gasteiger partial charge on any atom is 0.343 e. The van der Waals surface area contributed by atoms with Crippen molar-refractivity contribution in [3.05, 3.63) is 118 Å². The van der Waals surface area contributed by atoms with Gasteiger partial charge in [-0.3, -0.25) is 4.79 Å². The highest BCUT2D eigenvalue weighted by atomic mass is 16.5. The highest BCUT2D eigenvalue weighted by Crippen LogP contribution is 2.33. The molecule has 0 N–H and O–H groups in total. The van der Waals surface area contributed by atoms with Crippen molar-refractivity contribution in [3.63, 3.8) is 0 Å². The number of rotatable bonds is 10. The van der Waals surface area contributed by atoms with Gasteiger partial charge in [-0.15, -0.1) is 0 Å². The minimum atomic E-state index is -0.438. The maximum atomic E-state index is 12.9. The van der Waals surface area contributed by atoms with Crippen LogP contribution >= 0.6 is 0 Å². The Hall–Kier alpha value is -4.38. The van der Waals surface area contributed by atoms with Crippen molar-refractivity contribution in [1.29, 1.82) is 0 Å². The third kappa shape index (κ3) is 7.43. The molecule has 4 rings (SSSR count). The van der Waals surface area contributed by atoms with Crippen LogP contribution in [-0.4, -0.2) is 17.4 Å². The van der Waals surface area contributed by atoms with Gasteiger partial charge in [-0.1, -0.05) is 38.1 Å². The van der Waals surface area contributed by atoms with Gasteiger partial charge in [0, 0.05) is 11.5 Å². The van der Waals surface area contributed by atoms with E-state index in [1.54, 1.807) is 48.5 Å². The smallest absolute Gasteiger partial charge is 0.343 e. The summed E-state index contributed by atoms with van der Waals surface area (Å²) in [6, 6.07) is 26.0. The van der Waals surface area contributed by atoms with Crippen LogP contribution in [0.1, 0.15) is 89.9 Å². The molecule has 0 saturated carbocycles. The van der Waals surface area contributed by atoms with Crippen LogP contribution in [-0.2, 0) is 0 Å². The van der Waals surface area contributed by atoms with E-state index in [1.165, 1.54) is 12.5 Å². The van der Waals surface area contributed by atoms with E-state index >= 15 is 0 Å². The van der Waals surface area contributed by atoms with Crippen LogP contribution in [0.15, 0.2) is 84.9 Å². The van der Waals surface area contributed by atoms with Gasteiger partial charge in [0.25, 0.3) is 0 Å². The molecule has 0 heterocycles. The normalized spacial score (nSPS) is 12.0. The molecule has 0 bridgehead atoms. The molecule has 4 aromatic carbocycles. The fraction of sp³-hybridized carbons (Fsp3) is 0.278. The molecule has 0 aliphatic carbocycles. The van der Waals surface area contributed by atoms with Gasteiger partial charge in [0.15, 0.2) is 5.78 Å². The van der Waals surface area contributed by atoms with Gasteiger partial charge in [0.2, 0.25) is 0 Å². The second-order valence-corrected chi connectivity index (χ2v) is 11.1. The van der Waals surface area contributed by atoms with E-state index in [-0.39, 0.29) is 17.3 Å². The van der Waals surface area contributed by atoms with Gasteiger partial charge in [0.05, 0.1) is 5.56 Å². The third-order valence-electron chi connectivity index (χ3n) is 7.42. The zero-order valence-corrected chi connectivity index (χ0v) is 24.9. The van der Waals surface area contributed by atoms with Crippen LogP contribution in [0.25, 0.3) is 0 Å². The zero-order chi connectivity index (χ0) is 29.7. The number of hydrogen-bond acceptors (Lipinski definition) is 5. The maximum absolute atomic E-state index is 12.9. The molecule has 1 atom stereocenters. The quantitative estimate of drug-likeness (QED) is 0.112. The Morgan fingerprint density at radius 3 is 1.68 bits per heavy atom.